The van der Waals surface area contributed by atoms with E-state index in [2.05, 4.69) is 20.9 Å². The van der Waals surface area contributed by atoms with Crippen LogP contribution < -0.4 is 0 Å². The molecule has 1 atom stereocenters. The molecule has 0 aliphatic carbocycles. The van der Waals surface area contributed by atoms with Crippen LogP contribution in [0.2, 0.25) is 0 Å². The van der Waals surface area contributed by atoms with Crippen molar-refractivity contribution in [1.29, 1.82) is 0 Å². The Morgan fingerprint density at radius 3 is 2.53 bits per heavy atom. The normalized spacial score (nSPS) is 12.5. The zero-order valence-corrected chi connectivity index (χ0v) is 11.7. The number of rotatable bonds is 2. The molecule has 2 nitrogen and oxygen atoms in total. The van der Waals surface area contributed by atoms with Crippen LogP contribution in [0.3, 0.4) is 0 Å². The molecule has 1 N–H and O–H groups in total. The van der Waals surface area contributed by atoms with Crippen LogP contribution in [0.1, 0.15) is 17.2 Å². The molecule has 3 rings (SSSR count). The maximum Gasteiger partial charge on any atom is 0.105 e. The Morgan fingerprint density at radius 1 is 0.947 bits per heavy atom. The second-order valence-corrected chi connectivity index (χ2v) is 5.29. The molecule has 1 heterocycles. The minimum atomic E-state index is -0.638. The summed E-state index contributed by atoms with van der Waals surface area (Å²) < 4.78 is 1.00. The summed E-state index contributed by atoms with van der Waals surface area (Å²) in [7, 11) is 0. The Morgan fingerprint density at radius 2 is 1.74 bits per heavy atom. The second kappa shape index (κ2) is 5.11. The lowest BCUT2D eigenvalue weighted by atomic mass is 9.98. The van der Waals surface area contributed by atoms with E-state index in [-0.39, 0.29) is 0 Å². The molecular formula is C16H12BrNO. The Balaban J connectivity index is 2.11. The van der Waals surface area contributed by atoms with E-state index in [0.29, 0.717) is 0 Å². The average molecular weight is 314 g/mol. The van der Waals surface area contributed by atoms with E-state index in [1.165, 1.54) is 0 Å². The molecule has 94 valence electrons. The van der Waals surface area contributed by atoms with Crippen LogP contribution in [0.4, 0.5) is 0 Å². The zero-order valence-electron chi connectivity index (χ0n) is 10.1. The highest BCUT2D eigenvalue weighted by Gasteiger charge is 2.13. The highest BCUT2D eigenvalue weighted by Crippen LogP contribution is 2.28. The number of hydrogen-bond acceptors (Lipinski definition) is 2. The predicted octanol–water partition coefficient (Wildman–Crippen LogP) is 4.08. The third kappa shape index (κ3) is 2.39. The lowest BCUT2D eigenvalue weighted by Crippen LogP contribution is -2.00. The van der Waals surface area contributed by atoms with Gasteiger partial charge < -0.3 is 5.11 Å². The van der Waals surface area contributed by atoms with Crippen molar-refractivity contribution >= 4 is 26.8 Å². The highest BCUT2D eigenvalue weighted by atomic mass is 79.9. The summed E-state index contributed by atoms with van der Waals surface area (Å²) in [5.41, 5.74) is 2.66. The summed E-state index contributed by atoms with van der Waals surface area (Å²) in [5.74, 6) is 0. The van der Waals surface area contributed by atoms with Crippen LogP contribution in [-0.4, -0.2) is 10.1 Å². The van der Waals surface area contributed by atoms with Crippen LogP contribution >= 0.6 is 15.9 Å². The van der Waals surface area contributed by atoms with Crippen LogP contribution in [0.15, 0.2) is 65.3 Å². The summed E-state index contributed by atoms with van der Waals surface area (Å²) >= 11 is 3.40. The third-order valence-electron chi connectivity index (χ3n) is 3.16. The van der Waals surface area contributed by atoms with Crippen LogP contribution in [0.25, 0.3) is 10.9 Å². The molecule has 0 amide bonds. The Bertz CT molecular complexity index is 704. The number of nitrogens with zero attached hydrogens (tertiary/aromatic N) is 1. The third-order valence-corrected chi connectivity index (χ3v) is 3.69. The maximum absolute atomic E-state index is 10.5. The van der Waals surface area contributed by atoms with Crippen molar-refractivity contribution in [2.24, 2.45) is 0 Å². The van der Waals surface area contributed by atoms with E-state index in [1.807, 2.05) is 54.6 Å². The lowest BCUT2D eigenvalue weighted by molar-refractivity contribution is 0.222. The van der Waals surface area contributed by atoms with Gasteiger partial charge in [0.15, 0.2) is 0 Å². The number of halogens is 1. The van der Waals surface area contributed by atoms with E-state index < -0.39 is 6.10 Å². The number of pyridine rings is 1. The van der Waals surface area contributed by atoms with Crippen LogP contribution in [0, 0.1) is 0 Å². The standard InChI is InChI=1S/C16H12BrNO/c17-12-8-6-11(7-9-12)16(19)14-3-1-5-15-13(14)4-2-10-18-15/h1-10,16,19H. The second-order valence-electron chi connectivity index (χ2n) is 4.37. The number of hydrogen-bond donors (Lipinski definition) is 1. The van der Waals surface area contributed by atoms with Gasteiger partial charge in [-0.3, -0.25) is 4.98 Å². The molecule has 0 fully saturated rings. The monoisotopic (exact) mass is 313 g/mol. The maximum atomic E-state index is 10.5. The van der Waals surface area contributed by atoms with Crippen molar-refractivity contribution in [3.05, 3.63) is 76.4 Å². The van der Waals surface area contributed by atoms with Crippen molar-refractivity contribution in [3.8, 4) is 0 Å². The van der Waals surface area contributed by atoms with Crippen molar-refractivity contribution in [3.63, 3.8) is 0 Å². The van der Waals surface area contributed by atoms with Crippen molar-refractivity contribution < 1.29 is 5.11 Å². The molecule has 1 unspecified atom stereocenters. The topological polar surface area (TPSA) is 33.1 Å². The molecule has 0 saturated heterocycles. The minimum absolute atomic E-state index is 0.638. The van der Waals surface area contributed by atoms with E-state index in [9.17, 15) is 5.11 Å². The van der Waals surface area contributed by atoms with Gasteiger partial charge >= 0.3 is 0 Å². The van der Waals surface area contributed by atoms with Crippen molar-refractivity contribution in [2.45, 2.75) is 6.10 Å². The number of benzene rings is 2. The molecule has 0 saturated carbocycles. The molecule has 3 aromatic rings. The van der Waals surface area contributed by atoms with Gasteiger partial charge in [0.2, 0.25) is 0 Å². The highest BCUT2D eigenvalue weighted by molar-refractivity contribution is 9.10. The van der Waals surface area contributed by atoms with E-state index in [0.717, 1.165) is 26.5 Å². The van der Waals surface area contributed by atoms with E-state index >= 15 is 0 Å². The van der Waals surface area contributed by atoms with Gasteiger partial charge in [-0.2, -0.15) is 0 Å². The average Bonchev–Trinajstić information content (AvgIpc) is 2.47. The number of aliphatic hydroxyl groups excluding tert-OH is 1. The quantitative estimate of drug-likeness (QED) is 0.773. The van der Waals surface area contributed by atoms with E-state index in [1.54, 1.807) is 6.20 Å². The van der Waals surface area contributed by atoms with Gasteiger partial charge in [-0.1, -0.05) is 46.3 Å². The Kier molecular flexibility index (Phi) is 3.32. The van der Waals surface area contributed by atoms with Gasteiger partial charge in [-0.25, -0.2) is 0 Å². The van der Waals surface area contributed by atoms with Crippen molar-refractivity contribution in [1.82, 2.24) is 4.98 Å². The SMILES string of the molecule is OC(c1ccc(Br)cc1)c1cccc2ncccc12. The Labute approximate surface area is 119 Å². The zero-order chi connectivity index (χ0) is 13.2. The minimum Gasteiger partial charge on any atom is -0.384 e. The smallest absolute Gasteiger partial charge is 0.105 e. The lowest BCUT2D eigenvalue weighted by Gasteiger charge is -2.14. The first-order valence-electron chi connectivity index (χ1n) is 6.03. The molecule has 0 spiro atoms. The summed E-state index contributed by atoms with van der Waals surface area (Å²) in [6.07, 6.45) is 1.12. The first-order valence-corrected chi connectivity index (χ1v) is 6.82. The molecule has 0 bridgehead atoms. The number of aromatic nitrogens is 1. The van der Waals surface area contributed by atoms with Gasteiger partial charge in [0.05, 0.1) is 5.52 Å². The van der Waals surface area contributed by atoms with Gasteiger partial charge in [0, 0.05) is 16.1 Å². The predicted molar refractivity (Wildman–Crippen MR) is 79.9 cm³/mol. The molecule has 2 aromatic carbocycles. The van der Waals surface area contributed by atoms with Crippen molar-refractivity contribution in [2.75, 3.05) is 0 Å². The van der Waals surface area contributed by atoms with Gasteiger partial charge in [-0.15, -0.1) is 0 Å². The van der Waals surface area contributed by atoms with Gasteiger partial charge in [0.25, 0.3) is 0 Å². The van der Waals surface area contributed by atoms with Crippen LogP contribution in [0.5, 0.6) is 0 Å². The molecule has 0 aliphatic rings. The fourth-order valence-electron chi connectivity index (χ4n) is 2.19. The van der Waals surface area contributed by atoms with Crippen LogP contribution in [-0.2, 0) is 0 Å². The molecule has 1 aromatic heterocycles. The largest absolute Gasteiger partial charge is 0.384 e. The molecule has 0 radical (unpaired) electrons. The summed E-state index contributed by atoms with van der Waals surface area (Å²) in [6.45, 7) is 0. The first-order chi connectivity index (χ1) is 9.25. The van der Waals surface area contributed by atoms with Gasteiger partial charge in [0.1, 0.15) is 6.10 Å². The first kappa shape index (κ1) is 12.3. The molecule has 3 heteroatoms. The number of aliphatic hydroxyl groups is 1. The summed E-state index contributed by atoms with van der Waals surface area (Å²) in [6, 6.07) is 17.4. The fraction of sp³-hybridized carbons (Fsp3) is 0.0625. The molecule has 19 heavy (non-hydrogen) atoms. The van der Waals surface area contributed by atoms with E-state index in [4.69, 9.17) is 0 Å². The molecular weight excluding hydrogens is 302 g/mol. The molecule has 0 aliphatic heterocycles. The summed E-state index contributed by atoms with van der Waals surface area (Å²) in [5, 5.41) is 11.5. The summed E-state index contributed by atoms with van der Waals surface area (Å²) in [4.78, 5) is 4.31. The fourth-order valence-corrected chi connectivity index (χ4v) is 2.45. The Hall–Kier alpha value is -1.71. The number of fused-ring (bicyclic) bond motifs is 1. The van der Waals surface area contributed by atoms with Gasteiger partial charge in [-0.05, 0) is 35.4 Å².